The minimum atomic E-state index is -0.172. The Balaban J connectivity index is 1.24. The van der Waals surface area contributed by atoms with Gasteiger partial charge in [-0.15, -0.1) is 11.3 Å². The first-order valence-corrected chi connectivity index (χ1v) is 13.3. The molecule has 0 spiro atoms. The van der Waals surface area contributed by atoms with E-state index >= 15 is 0 Å². The number of carbonyl (C=O) groups excluding carboxylic acids is 2. The largest absolute Gasteiger partial charge is 0.380 e. The van der Waals surface area contributed by atoms with E-state index in [0.717, 1.165) is 53.4 Å². The van der Waals surface area contributed by atoms with Crippen molar-refractivity contribution in [1.82, 2.24) is 16.0 Å². The average Bonchev–Trinajstić information content (AvgIpc) is 3.32. The number of carbonyl (C=O) groups is 2. The lowest BCUT2D eigenvalue weighted by Crippen LogP contribution is -2.51. The van der Waals surface area contributed by atoms with Crippen LogP contribution in [-0.2, 0) is 4.74 Å². The molecule has 2 saturated heterocycles. The molecule has 0 aliphatic carbocycles. The molecule has 2 fully saturated rings. The molecular weight excluding hydrogens is 472 g/mol. The molecule has 0 bridgehead atoms. The molecule has 8 heteroatoms. The fourth-order valence-corrected chi connectivity index (χ4v) is 5.17. The molecule has 1 unspecified atom stereocenters. The van der Waals surface area contributed by atoms with Crippen molar-refractivity contribution >= 4 is 28.8 Å². The van der Waals surface area contributed by atoms with E-state index in [9.17, 15) is 9.59 Å². The highest BCUT2D eigenvalue weighted by Gasteiger charge is 2.20. The third-order valence-corrected chi connectivity index (χ3v) is 7.90. The summed E-state index contributed by atoms with van der Waals surface area (Å²) in [5, 5.41) is 12.8. The molecule has 3 heterocycles. The van der Waals surface area contributed by atoms with Crippen LogP contribution in [0.4, 0.5) is 5.69 Å². The number of hydrogen-bond donors (Lipinski definition) is 4. The van der Waals surface area contributed by atoms with Crippen LogP contribution in [0.2, 0.25) is 0 Å². The second kappa shape index (κ2) is 10.8. The van der Waals surface area contributed by atoms with Gasteiger partial charge in [0.1, 0.15) is 0 Å². The molecule has 0 radical (unpaired) electrons. The second-order valence-corrected chi connectivity index (χ2v) is 10.6. The van der Waals surface area contributed by atoms with Crippen LogP contribution in [0, 0.1) is 6.92 Å². The SMILES string of the molecule is Cc1ccc(NC2CNC2)cc1C(=O)N[C@H](C)c1cccc(-c2ccc(C(=O)NCC3CCO3)s2)c1. The van der Waals surface area contributed by atoms with Crippen LogP contribution < -0.4 is 21.3 Å². The van der Waals surface area contributed by atoms with Gasteiger partial charge in [-0.25, -0.2) is 0 Å². The lowest BCUT2D eigenvalue weighted by molar-refractivity contribution is -0.0472. The third kappa shape index (κ3) is 5.61. The van der Waals surface area contributed by atoms with E-state index in [0.29, 0.717) is 23.0 Å². The van der Waals surface area contributed by atoms with E-state index in [4.69, 9.17) is 4.74 Å². The summed E-state index contributed by atoms with van der Waals surface area (Å²) in [7, 11) is 0. The molecule has 1 aromatic heterocycles. The van der Waals surface area contributed by atoms with Crippen molar-refractivity contribution in [3.8, 4) is 10.4 Å². The summed E-state index contributed by atoms with van der Waals surface area (Å²) in [4.78, 5) is 27.3. The van der Waals surface area contributed by atoms with Gasteiger partial charge in [0.2, 0.25) is 0 Å². The van der Waals surface area contributed by atoms with Crippen LogP contribution >= 0.6 is 11.3 Å². The highest BCUT2D eigenvalue weighted by molar-refractivity contribution is 7.17. The Bertz CT molecular complexity index is 1250. The Morgan fingerprint density at radius 1 is 1.11 bits per heavy atom. The van der Waals surface area contributed by atoms with Gasteiger partial charge in [-0.05, 0) is 67.3 Å². The first-order chi connectivity index (χ1) is 17.5. The van der Waals surface area contributed by atoms with Gasteiger partial charge in [-0.1, -0.05) is 24.3 Å². The molecule has 2 aliphatic heterocycles. The Labute approximate surface area is 215 Å². The highest BCUT2D eigenvalue weighted by atomic mass is 32.1. The number of aryl methyl sites for hydroxylation is 1. The Kier molecular flexibility index (Phi) is 7.36. The second-order valence-electron chi connectivity index (χ2n) is 9.51. The monoisotopic (exact) mass is 504 g/mol. The zero-order valence-electron chi connectivity index (χ0n) is 20.6. The van der Waals surface area contributed by atoms with Gasteiger partial charge in [0.15, 0.2) is 0 Å². The quantitative estimate of drug-likeness (QED) is 0.352. The zero-order valence-corrected chi connectivity index (χ0v) is 21.4. The summed E-state index contributed by atoms with van der Waals surface area (Å²) < 4.78 is 5.37. The van der Waals surface area contributed by atoms with Crippen molar-refractivity contribution in [3.63, 3.8) is 0 Å². The molecule has 0 saturated carbocycles. The maximum atomic E-state index is 13.1. The number of hydrogen-bond acceptors (Lipinski definition) is 6. The van der Waals surface area contributed by atoms with Gasteiger partial charge in [0.25, 0.3) is 11.8 Å². The maximum absolute atomic E-state index is 13.1. The number of anilines is 1. The van der Waals surface area contributed by atoms with Crippen molar-refractivity contribution in [1.29, 1.82) is 0 Å². The fraction of sp³-hybridized carbons (Fsp3) is 0.357. The molecule has 2 aliphatic rings. The predicted molar refractivity (Wildman–Crippen MR) is 144 cm³/mol. The number of benzene rings is 2. The molecular formula is C28H32N4O3S. The van der Waals surface area contributed by atoms with Gasteiger partial charge >= 0.3 is 0 Å². The third-order valence-electron chi connectivity index (χ3n) is 6.77. The van der Waals surface area contributed by atoms with Gasteiger partial charge < -0.3 is 26.0 Å². The van der Waals surface area contributed by atoms with Crippen molar-refractivity contribution in [2.45, 2.75) is 38.5 Å². The van der Waals surface area contributed by atoms with Crippen molar-refractivity contribution in [3.05, 3.63) is 76.2 Å². The predicted octanol–water partition coefficient (Wildman–Crippen LogP) is 4.12. The summed E-state index contributed by atoms with van der Waals surface area (Å²) in [6.07, 6.45) is 1.14. The number of thiophene rings is 1. The summed E-state index contributed by atoms with van der Waals surface area (Å²) in [6, 6.07) is 18.1. The molecule has 2 atom stereocenters. The average molecular weight is 505 g/mol. The van der Waals surface area contributed by atoms with E-state index in [1.807, 2.05) is 62.4 Å². The van der Waals surface area contributed by atoms with Crippen LogP contribution in [0.15, 0.2) is 54.6 Å². The Morgan fingerprint density at radius 3 is 2.67 bits per heavy atom. The fourth-order valence-electron chi connectivity index (χ4n) is 4.26. The Hall–Kier alpha value is -3.20. The van der Waals surface area contributed by atoms with E-state index in [2.05, 4.69) is 27.3 Å². The summed E-state index contributed by atoms with van der Waals surface area (Å²) >= 11 is 1.47. The summed E-state index contributed by atoms with van der Waals surface area (Å²) in [6.45, 7) is 7.15. The smallest absolute Gasteiger partial charge is 0.261 e. The van der Waals surface area contributed by atoms with Crippen LogP contribution in [0.3, 0.4) is 0 Å². The van der Waals surface area contributed by atoms with Gasteiger partial charge in [0, 0.05) is 42.4 Å². The molecule has 5 rings (SSSR count). The van der Waals surface area contributed by atoms with E-state index < -0.39 is 0 Å². The van der Waals surface area contributed by atoms with Gasteiger partial charge in [-0.3, -0.25) is 9.59 Å². The topological polar surface area (TPSA) is 91.5 Å². The number of ether oxygens (including phenoxy) is 1. The summed E-state index contributed by atoms with van der Waals surface area (Å²) in [5.74, 6) is -0.162. The van der Waals surface area contributed by atoms with Crippen molar-refractivity contribution in [2.24, 2.45) is 0 Å². The van der Waals surface area contributed by atoms with Gasteiger partial charge in [0.05, 0.1) is 23.1 Å². The normalized spacial score (nSPS) is 18.0. The minimum absolute atomic E-state index is 0.0702. The highest BCUT2D eigenvalue weighted by Crippen LogP contribution is 2.30. The lowest BCUT2D eigenvalue weighted by Gasteiger charge is -2.29. The zero-order chi connectivity index (χ0) is 25.1. The molecule has 36 heavy (non-hydrogen) atoms. The standard InChI is InChI=1S/C28H32N4O3S/c1-17-6-7-21(32-22-14-29-15-22)13-24(17)27(33)31-18(2)19-4-3-5-20(12-19)25-8-9-26(36-25)28(34)30-16-23-10-11-35-23/h3-9,12-13,18,22-23,29,32H,10-11,14-16H2,1-2H3,(H,30,34)(H,31,33)/t18-,23?/m1/s1. The van der Waals surface area contributed by atoms with Gasteiger partial charge in [-0.2, -0.15) is 0 Å². The van der Waals surface area contributed by atoms with Crippen LogP contribution in [0.5, 0.6) is 0 Å². The van der Waals surface area contributed by atoms with Crippen molar-refractivity contribution < 1.29 is 14.3 Å². The van der Waals surface area contributed by atoms with Crippen LogP contribution in [0.25, 0.3) is 10.4 Å². The lowest BCUT2D eigenvalue weighted by atomic mass is 10.0. The molecule has 4 N–H and O–H groups in total. The van der Waals surface area contributed by atoms with E-state index in [1.165, 1.54) is 11.3 Å². The van der Waals surface area contributed by atoms with Crippen molar-refractivity contribution in [2.75, 3.05) is 31.6 Å². The minimum Gasteiger partial charge on any atom is -0.380 e. The molecule has 2 aromatic carbocycles. The van der Waals surface area contributed by atoms with E-state index in [1.54, 1.807) is 0 Å². The number of amides is 2. The van der Waals surface area contributed by atoms with Crippen LogP contribution in [-0.4, -0.2) is 50.2 Å². The number of rotatable bonds is 9. The first kappa shape index (κ1) is 24.5. The maximum Gasteiger partial charge on any atom is 0.261 e. The summed E-state index contributed by atoms with van der Waals surface area (Å²) in [5.41, 5.74) is 4.62. The molecule has 2 amide bonds. The molecule has 3 aromatic rings. The van der Waals surface area contributed by atoms with E-state index in [-0.39, 0.29) is 24.0 Å². The first-order valence-electron chi connectivity index (χ1n) is 12.4. The molecule has 7 nitrogen and oxygen atoms in total. The molecule has 188 valence electrons. The van der Waals surface area contributed by atoms with Crippen LogP contribution in [0.1, 0.15) is 50.5 Å². The number of nitrogens with one attached hydrogen (secondary N) is 4. The Morgan fingerprint density at radius 2 is 1.94 bits per heavy atom.